The summed E-state index contributed by atoms with van der Waals surface area (Å²) < 4.78 is 10.5. The molecule has 0 spiro atoms. The van der Waals surface area contributed by atoms with Gasteiger partial charge in [-0.2, -0.15) is 0 Å². The van der Waals surface area contributed by atoms with Gasteiger partial charge in [0, 0.05) is 6.20 Å². The molecular weight excluding hydrogens is 234 g/mol. The van der Waals surface area contributed by atoms with Gasteiger partial charge in [0.2, 0.25) is 0 Å². The van der Waals surface area contributed by atoms with Crippen molar-refractivity contribution in [2.75, 3.05) is 13.2 Å². The number of allylic oxidation sites excluding steroid dienone is 1. The second-order valence-electron chi connectivity index (χ2n) is 4.88. The maximum absolute atomic E-state index is 11.3. The lowest BCUT2D eigenvalue weighted by Crippen LogP contribution is -2.35. The molecule has 6 nitrogen and oxygen atoms in total. The van der Waals surface area contributed by atoms with Crippen molar-refractivity contribution in [1.82, 2.24) is 10.6 Å². The van der Waals surface area contributed by atoms with Crippen molar-refractivity contribution in [3.05, 3.63) is 24.1 Å². The molecule has 0 fully saturated rings. The van der Waals surface area contributed by atoms with Gasteiger partial charge >= 0.3 is 6.09 Å². The Morgan fingerprint density at radius 1 is 1.56 bits per heavy atom. The monoisotopic (exact) mass is 255 g/mol. The zero-order chi connectivity index (χ0) is 13.6. The fourth-order valence-electron chi connectivity index (χ4n) is 1.21. The van der Waals surface area contributed by atoms with Crippen LogP contribution in [0.15, 0.2) is 24.1 Å². The molecule has 4 N–H and O–H groups in total. The summed E-state index contributed by atoms with van der Waals surface area (Å²) in [4.78, 5) is 11.3. The molecule has 102 valence electrons. The molecule has 0 saturated carbocycles. The normalized spacial score (nSPS) is 18.7. The summed E-state index contributed by atoms with van der Waals surface area (Å²) in [5, 5.41) is 5.51. The Hall–Kier alpha value is -1.69. The molecule has 1 aliphatic heterocycles. The summed E-state index contributed by atoms with van der Waals surface area (Å²) in [6.07, 6.45) is 4.65. The molecule has 0 aromatic heterocycles. The molecule has 1 heterocycles. The van der Waals surface area contributed by atoms with E-state index < -0.39 is 11.7 Å². The Kier molecular flexibility index (Phi) is 5.03. The number of dihydropyridines is 1. The quantitative estimate of drug-likeness (QED) is 0.647. The predicted octanol–water partition coefficient (Wildman–Crippen LogP) is 0.813. The van der Waals surface area contributed by atoms with Crippen LogP contribution in [0.5, 0.6) is 0 Å². The minimum absolute atomic E-state index is 0.169. The number of carbonyl (C=O) groups excluding carboxylic acids is 1. The molecule has 0 aliphatic carbocycles. The second-order valence-corrected chi connectivity index (χ2v) is 4.88. The van der Waals surface area contributed by atoms with E-state index in [0.29, 0.717) is 18.9 Å². The molecule has 0 aromatic rings. The van der Waals surface area contributed by atoms with Crippen LogP contribution in [0.3, 0.4) is 0 Å². The highest BCUT2D eigenvalue weighted by Gasteiger charge is 2.15. The molecular formula is C12H21N3O3. The SMILES string of the molecule is CC(C)(C)OC(=O)NCCOC1=CNC(N)C=C1. The molecule has 0 saturated heterocycles. The minimum atomic E-state index is -0.486. The van der Waals surface area contributed by atoms with Crippen molar-refractivity contribution in [2.45, 2.75) is 32.5 Å². The third-order valence-corrected chi connectivity index (χ3v) is 1.92. The molecule has 1 aliphatic rings. The smallest absolute Gasteiger partial charge is 0.407 e. The van der Waals surface area contributed by atoms with Gasteiger partial charge in [0.25, 0.3) is 0 Å². The van der Waals surface area contributed by atoms with Crippen LogP contribution >= 0.6 is 0 Å². The molecule has 1 unspecified atom stereocenters. The lowest BCUT2D eigenvalue weighted by atomic mass is 10.2. The number of amides is 1. The molecule has 6 heteroatoms. The first-order valence-corrected chi connectivity index (χ1v) is 5.86. The van der Waals surface area contributed by atoms with Crippen molar-refractivity contribution in [1.29, 1.82) is 0 Å². The summed E-state index contributed by atoms with van der Waals surface area (Å²) in [5.74, 6) is 0.683. The van der Waals surface area contributed by atoms with Crippen LogP contribution in [0.2, 0.25) is 0 Å². The van der Waals surface area contributed by atoms with E-state index in [1.807, 2.05) is 20.8 Å². The van der Waals surface area contributed by atoms with E-state index in [1.54, 1.807) is 18.4 Å². The zero-order valence-electron chi connectivity index (χ0n) is 11.0. The van der Waals surface area contributed by atoms with Gasteiger partial charge in [-0.05, 0) is 32.9 Å². The highest BCUT2D eigenvalue weighted by Crippen LogP contribution is 2.06. The van der Waals surface area contributed by atoms with Crippen LogP contribution in [-0.2, 0) is 9.47 Å². The maximum Gasteiger partial charge on any atom is 0.407 e. The molecule has 1 amide bonds. The number of alkyl carbamates (subject to hydrolysis) is 1. The van der Waals surface area contributed by atoms with E-state index >= 15 is 0 Å². The Morgan fingerprint density at radius 3 is 2.83 bits per heavy atom. The van der Waals surface area contributed by atoms with E-state index in [2.05, 4.69) is 10.6 Å². The van der Waals surface area contributed by atoms with E-state index in [4.69, 9.17) is 15.2 Å². The van der Waals surface area contributed by atoms with Crippen molar-refractivity contribution >= 4 is 6.09 Å². The molecule has 0 aromatic carbocycles. The Balaban J connectivity index is 2.12. The highest BCUT2D eigenvalue weighted by atomic mass is 16.6. The lowest BCUT2D eigenvalue weighted by molar-refractivity contribution is 0.0514. The molecule has 0 bridgehead atoms. The number of hydrogen-bond donors (Lipinski definition) is 3. The lowest BCUT2D eigenvalue weighted by Gasteiger charge is -2.20. The van der Waals surface area contributed by atoms with Gasteiger partial charge in [0.05, 0.1) is 12.7 Å². The van der Waals surface area contributed by atoms with Crippen LogP contribution in [0, 0.1) is 0 Å². The Bertz CT molecular complexity index is 345. The number of nitrogens with two attached hydrogens (primary N) is 1. The summed E-state index contributed by atoms with van der Waals surface area (Å²) in [7, 11) is 0. The number of nitrogens with one attached hydrogen (secondary N) is 2. The number of carbonyl (C=O) groups is 1. The second kappa shape index (κ2) is 6.30. The highest BCUT2D eigenvalue weighted by molar-refractivity contribution is 5.67. The predicted molar refractivity (Wildman–Crippen MR) is 68.5 cm³/mol. The van der Waals surface area contributed by atoms with E-state index in [0.717, 1.165) is 0 Å². The standard InChI is InChI=1S/C12H21N3O3/c1-12(2,3)18-11(16)14-6-7-17-9-4-5-10(13)15-8-9/h4-5,8,10,15H,6-7,13H2,1-3H3,(H,14,16). The first-order chi connectivity index (χ1) is 8.37. The fraction of sp³-hybridized carbons (Fsp3) is 0.583. The van der Waals surface area contributed by atoms with Gasteiger partial charge in [-0.1, -0.05) is 0 Å². The largest absolute Gasteiger partial charge is 0.490 e. The first-order valence-electron chi connectivity index (χ1n) is 5.86. The van der Waals surface area contributed by atoms with Crippen LogP contribution < -0.4 is 16.4 Å². The van der Waals surface area contributed by atoms with E-state index in [-0.39, 0.29) is 6.17 Å². The van der Waals surface area contributed by atoms with Gasteiger partial charge in [0.1, 0.15) is 18.0 Å². The average molecular weight is 255 g/mol. The van der Waals surface area contributed by atoms with Gasteiger partial charge in [-0.25, -0.2) is 4.79 Å². The van der Waals surface area contributed by atoms with Crippen molar-refractivity contribution < 1.29 is 14.3 Å². The van der Waals surface area contributed by atoms with Crippen molar-refractivity contribution in [2.24, 2.45) is 5.73 Å². The van der Waals surface area contributed by atoms with Crippen LogP contribution in [0.4, 0.5) is 4.79 Å². The third kappa shape index (κ3) is 6.15. The number of ether oxygens (including phenoxy) is 2. The van der Waals surface area contributed by atoms with Crippen LogP contribution in [0.25, 0.3) is 0 Å². The first kappa shape index (κ1) is 14.4. The van der Waals surface area contributed by atoms with Crippen LogP contribution in [0.1, 0.15) is 20.8 Å². The molecule has 18 heavy (non-hydrogen) atoms. The summed E-state index contributed by atoms with van der Waals surface area (Å²) in [5.41, 5.74) is 5.09. The number of rotatable bonds is 4. The van der Waals surface area contributed by atoms with Crippen LogP contribution in [-0.4, -0.2) is 31.0 Å². The molecule has 1 rings (SSSR count). The molecule has 1 atom stereocenters. The summed E-state index contributed by atoms with van der Waals surface area (Å²) in [6, 6.07) is 0. The van der Waals surface area contributed by atoms with E-state index in [9.17, 15) is 4.79 Å². The Morgan fingerprint density at radius 2 is 2.28 bits per heavy atom. The topological polar surface area (TPSA) is 85.6 Å². The van der Waals surface area contributed by atoms with Crippen molar-refractivity contribution in [3.8, 4) is 0 Å². The third-order valence-electron chi connectivity index (χ3n) is 1.92. The van der Waals surface area contributed by atoms with Gasteiger partial charge in [-0.3, -0.25) is 0 Å². The van der Waals surface area contributed by atoms with Gasteiger partial charge < -0.3 is 25.8 Å². The number of hydrogen-bond acceptors (Lipinski definition) is 5. The summed E-state index contributed by atoms with van der Waals surface area (Å²) in [6.45, 7) is 6.19. The van der Waals surface area contributed by atoms with E-state index in [1.165, 1.54) is 0 Å². The average Bonchev–Trinajstić information content (AvgIpc) is 2.24. The summed E-state index contributed by atoms with van der Waals surface area (Å²) >= 11 is 0. The maximum atomic E-state index is 11.3. The fourth-order valence-corrected chi connectivity index (χ4v) is 1.21. The molecule has 0 radical (unpaired) electrons. The van der Waals surface area contributed by atoms with Crippen molar-refractivity contribution in [3.63, 3.8) is 0 Å². The zero-order valence-corrected chi connectivity index (χ0v) is 11.0. The minimum Gasteiger partial charge on any atom is -0.490 e. The van der Waals surface area contributed by atoms with Gasteiger partial charge in [-0.15, -0.1) is 0 Å². The Labute approximate surface area is 107 Å². The van der Waals surface area contributed by atoms with Gasteiger partial charge in [0.15, 0.2) is 0 Å².